The molecular weight excluding hydrogens is 427 g/mol. The molecule has 7 nitrogen and oxygen atoms in total. The van der Waals surface area contributed by atoms with Crippen molar-refractivity contribution < 1.29 is 31.7 Å². The number of anilines is 2. The molecule has 10 heteroatoms. The van der Waals surface area contributed by atoms with Gasteiger partial charge in [-0.2, -0.15) is 13.2 Å². The number of hydrogen-bond donors (Lipinski definition) is 2. The van der Waals surface area contributed by atoms with Crippen molar-refractivity contribution in [2.45, 2.75) is 6.18 Å². The average Bonchev–Trinajstić information content (AvgIpc) is 3.45. The Hall–Kier alpha value is -4.34. The highest BCUT2D eigenvalue weighted by molar-refractivity contribution is 6.07. The van der Waals surface area contributed by atoms with Crippen molar-refractivity contribution in [2.75, 3.05) is 10.6 Å². The molecule has 32 heavy (non-hydrogen) atoms. The number of carbonyl (C=O) groups is 2. The number of furan rings is 1. The molecule has 4 rings (SSSR count). The first-order valence-corrected chi connectivity index (χ1v) is 9.20. The summed E-state index contributed by atoms with van der Waals surface area (Å²) >= 11 is 0. The Morgan fingerprint density at radius 3 is 2.25 bits per heavy atom. The number of alkyl halides is 3. The molecule has 0 aliphatic rings. The summed E-state index contributed by atoms with van der Waals surface area (Å²) in [5, 5.41) is 8.69. The number of amides is 2. The quantitative estimate of drug-likeness (QED) is 0.429. The van der Waals surface area contributed by atoms with Gasteiger partial charge in [0, 0.05) is 23.0 Å². The third kappa shape index (κ3) is 4.69. The predicted molar refractivity (Wildman–Crippen MR) is 108 cm³/mol. The second-order valence-corrected chi connectivity index (χ2v) is 6.62. The predicted octanol–water partition coefficient (Wildman–Crippen LogP) is 5.46. The van der Waals surface area contributed by atoms with Gasteiger partial charge in [-0.15, -0.1) is 0 Å². The summed E-state index contributed by atoms with van der Waals surface area (Å²) in [7, 11) is 0. The molecule has 0 aliphatic carbocycles. The van der Waals surface area contributed by atoms with E-state index >= 15 is 0 Å². The first-order chi connectivity index (χ1) is 15.3. The largest absolute Gasteiger partial charge is 0.461 e. The van der Waals surface area contributed by atoms with Crippen molar-refractivity contribution >= 4 is 23.2 Å². The van der Waals surface area contributed by atoms with Gasteiger partial charge >= 0.3 is 6.18 Å². The van der Waals surface area contributed by atoms with Gasteiger partial charge in [0.1, 0.15) is 0 Å². The van der Waals surface area contributed by atoms with Crippen LogP contribution < -0.4 is 10.6 Å². The third-order valence-electron chi connectivity index (χ3n) is 4.34. The lowest BCUT2D eigenvalue weighted by Gasteiger charge is -2.10. The van der Waals surface area contributed by atoms with Crippen LogP contribution in [0.25, 0.3) is 11.5 Å². The number of aromatic nitrogens is 1. The van der Waals surface area contributed by atoms with Crippen LogP contribution in [0.2, 0.25) is 0 Å². The van der Waals surface area contributed by atoms with Crippen LogP contribution in [0.4, 0.5) is 24.5 Å². The fourth-order valence-corrected chi connectivity index (χ4v) is 2.83. The van der Waals surface area contributed by atoms with E-state index in [1.165, 1.54) is 42.7 Å². The van der Waals surface area contributed by atoms with Crippen LogP contribution >= 0.6 is 0 Å². The van der Waals surface area contributed by atoms with Gasteiger partial charge in [0.15, 0.2) is 11.5 Å². The molecule has 0 spiro atoms. The number of rotatable bonds is 5. The fraction of sp³-hybridized carbons (Fsp3) is 0.0455. The number of carbonyl (C=O) groups excluding carboxylic acids is 2. The topological polar surface area (TPSA) is 97.4 Å². The Balaban J connectivity index is 1.45. The molecule has 0 unspecified atom stereocenters. The molecular formula is C22H14F3N3O4. The Labute approximate surface area is 178 Å². The SMILES string of the molecule is O=C(Nc1cccc(C(F)(F)F)c1)c1cccc(NC(=O)c2cc(-c3ccco3)on2)c1. The van der Waals surface area contributed by atoms with Gasteiger partial charge < -0.3 is 19.6 Å². The summed E-state index contributed by atoms with van der Waals surface area (Å²) in [5.41, 5.74) is -0.466. The van der Waals surface area contributed by atoms with Gasteiger partial charge in [0.2, 0.25) is 5.76 Å². The number of halogens is 3. The molecule has 0 bridgehead atoms. The van der Waals surface area contributed by atoms with E-state index in [1.54, 1.807) is 18.2 Å². The molecule has 0 fully saturated rings. The van der Waals surface area contributed by atoms with Crippen molar-refractivity contribution in [3.8, 4) is 11.5 Å². The Morgan fingerprint density at radius 2 is 1.53 bits per heavy atom. The number of nitrogens with zero attached hydrogens (tertiary/aromatic N) is 1. The van der Waals surface area contributed by atoms with Gasteiger partial charge in [-0.1, -0.05) is 17.3 Å². The molecule has 0 saturated carbocycles. The van der Waals surface area contributed by atoms with Crippen molar-refractivity contribution in [2.24, 2.45) is 0 Å². The summed E-state index contributed by atoms with van der Waals surface area (Å²) in [5.74, 6) is -0.539. The number of nitrogens with one attached hydrogen (secondary N) is 2. The van der Waals surface area contributed by atoms with E-state index < -0.39 is 23.6 Å². The van der Waals surface area contributed by atoms with Crippen molar-refractivity contribution in [1.29, 1.82) is 0 Å². The third-order valence-corrected chi connectivity index (χ3v) is 4.34. The lowest BCUT2D eigenvalue weighted by Crippen LogP contribution is -2.15. The molecule has 2 aromatic carbocycles. The molecule has 0 atom stereocenters. The molecule has 2 N–H and O–H groups in total. The van der Waals surface area contributed by atoms with Crippen LogP contribution in [-0.4, -0.2) is 17.0 Å². The monoisotopic (exact) mass is 441 g/mol. The minimum Gasteiger partial charge on any atom is -0.461 e. The van der Waals surface area contributed by atoms with Crippen LogP contribution in [-0.2, 0) is 6.18 Å². The zero-order valence-electron chi connectivity index (χ0n) is 16.1. The standard InChI is InChI=1S/C22H14F3N3O4/c23-22(24,25)14-5-2-7-16(11-14)26-20(29)13-4-1-6-15(10-13)27-21(30)17-12-19(32-28-17)18-8-3-9-31-18/h1-12H,(H,26,29)(H,27,30). The summed E-state index contributed by atoms with van der Waals surface area (Å²) in [6, 6.07) is 14.9. The normalized spacial score (nSPS) is 11.2. The van der Waals surface area contributed by atoms with Crippen molar-refractivity contribution in [1.82, 2.24) is 5.16 Å². The van der Waals surface area contributed by atoms with Gasteiger partial charge in [-0.05, 0) is 48.5 Å². The highest BCUT2D eigenvalue weighted by Crippen LogP contribution is 2.30. The minimum absolute atomic E-state index is 0.00443. The van der Waals surface area contributed by atoms with E-state index in [9.17, 15) is 22.8 Å². The van der Waals surface area contributed by atoms with Crippen LogP contribution in [0.1, 0.15) is 26.4 Å². The van der Waals surface area contributed by atoms with E-state index in [-0.39, 0.29) is 28.4 Å². The van der Waals surface area contributed by atoms with E-state index in [2.05, 4.69) is 15.8 Å². The first-order valence-electron chi connectivity index (χ1n) is 9.20. The van der Waals surface area contributed by atoms with E-state index in [1.807, 2.05) is 0 Å². The first kappa shape index (κ1) is 20.9. The highest BCUT2D eigenvalue weighted by atomic mass is 19.4. The Kier molecular flexibility index (Phi) is 5.50. The number of hydrogen-bond acceptors (Lipinski definition) is 5. The minimum atomic E-state index is -4.52. The summed E-state index contributed by atoms with van der Waals surface area (Å²) in [6.45, 7) is 0. The molecule has 0 radical (unpaired) electrons. The maximum atomic E-state index is 12.9. The summed E-state index contributed by atoms with van der Waals surface area (Å²) in [4.78, 5) is 24.9. The lowest BCUT2D eigenvalue weighted by molar-refractivity contribution is -0.137. The van der Waals surface area contributed by atoms with Gasteiger partial charge in [-0.3, -0.25) is 9.59 Å². The zero-order valence-corrected chi connectivity index (χ0v) is 16.1. The maximum absolute atomic E-state index is 12.9. The zero-order chi connectivity index (χ0) is 22.7. The molecule has 2 heterocycles. The van der Waals surface area contributed by atoms with E-state index in [4.69, 9.17) is 8.94 Å². The fourth-order valence-electron chi connectivity index (χ4n) is 2.83. The van der Waals surface area contributed by atoms with Crippen LogP contribution in [0.3, 0.4) is 0 Å². The van der Waals surface area contributed by atoms with Gasteiger partial charge in [0.25, 0.3) is 11.8 Å². The molecule has 2 amide bonds. The van der Waals surface area contributed by atoms with Crippen LogP contribution in [0, 0.1) is 0 Å². The van der Waals surface area contributed by atoms with E-state index in [0.717, 1.165) is 12.1 Å². The molecule has 2 aromatic heterocycles. The summed E-state index contributed by atoms with van der Waals surface area (Å²) in [6.07, 6.45) is -3.07. The summed E-state index contributed by atoms with van der Waals surface area (Å²) < 4.78 is 48.8. The lowest BCUT2D eigenvalue weighted by atomic mass is 10.1. The average molecular weight is 441 g/mol. The molecule has 0 aliphatic heterocycles. The Morgan fingerprint density at radius 1 is 0.812 bits per heavy atom. The molecule has 4 aromatic rings. The maximum Gasteiger partial charge on any atom is 0.416 e. The molecule has 162 valence electrons. The second kappa shape index (κ2) is 8.42. The highest BCUT2D eigenvalue weighted by Gasteiger charge is 2.30. The van der Waals surface area contributed by atoms with Crippen molar-refractivity contribution in [3.05, 3.63) is 89.8 Å². The second-order valence-electron chi connectivity index (χ2n) is 6.62. The number of benzene rings is 2. The Bertz CT molecular complexity index is 1260. The van der Waals surface area contributed by atoms with Gasteiger partial charge in [0.05, 0.1) is 11.8 Å². The smallest absolute Gasteiger partial charge is 0.416 e. The van der Waals surface area contributed by atoms with Crippen LogP contribution in [0.5, 0.6) is 0 Å². The van der Waals surface area contributed by atoms with E-state index in [0.29, 0.717) is 5.76 Å². The van der Waals surface area contributed by atoms with Crippen LogP contribution in [0.15, 0.2) is 81.9 Å². The van der Waals surface area contributed by atoms with Crippen molar-refractivity contribution in [3.63, 3.8) is 0 Å². The molecule has 0 saturated heterocycles. The van der Waals surface area contributed by atoms with Gasteiger partial charge in [-0.25, -0.2) is 0 Å².